The smallest absolute Gasteiger partial charge is 0.320 e. The summed E-state index contributed by atoms with van der Waals surface area (Å²) in [4.78, 5) is 27.2. The number of aromatic hydroxyl groups is 1. The van der Waals surface area contributed by atoms with Crippen molar-refractivity contribution in [2.75, 3.05) is 26.4 Å². The summed E-state index contributed by atoms with van der Waals surface area (Å²) in [5.74, 6) is -0.280. The van der Waals surface area contributed by atoms with Crippen LogP contribution >= 0.6 is 11.8 Å². The van der Waals surface area contributed by atoms with Crippen molar-refractivity contribution < 1.29 is 19.8 Å². The van der Waals surface area contributed by atoms with Crippen molar-refractivity contribution >= 4 is 28.7 Å². The molecule has 1 amide bonds. The van der Waals surface area contributed by atoms with Gasteiger partial charge in [0.15, 0.2) is 0 Å². The third kappa shape index (κ3) is 9.23. The molecular formula is C17H25N3O4S. The second kappa shape index (κ2) is 10.9. The molecule has 0 saturated carbocycles. The summed E-state index contributed by atoms with van der Waals surface area (Å²) in [6.45, 7) is 1.06. The van der Waals surface area contributed by atoms with E-state index in [1.807, 2.05) is 0 Å². The molecule has 0 saturated heterocycles. The van der Waals surface area contributed by atoms with E-state index in [9.17, 15) is 9.59 Å². The molecule has 0 fully saturated rings. The van der Waals surface area contributed by atoms with Crippen molar-refractivity contribution in [1.82, 2.24) is 4.90 Å². The Hall–Kier alpha value is -1.90. The molecule has 1 atom stereocenters. The van der Waals surface area contributed by atoms with Crippen LogP contribution in [0.2, 0.25) is 0 Å². The molecule has 25 heavy (non-hydrogen) atoms. The van der Waals surface area contributed by atoms with E-state index in [1.54, 1.807) is 23.9 Å². The molecule has 1 aromatic carbocycles. The van der Waals surface area contributed by atoms with Crippen molar-refractivity contribution in [1.29, 1.82) is 0 Å². The lowest BCUT2D eigenvalue weighted by atomic mass is 10.1. The number of hydrogen-bond acceptors (Lipinski definition) is 6. The van der Waals surface area contributed by atoms with Crippen LogP contribution in [0.15, 0.2) is 29.3 Å². The number of aliphatic imine (C=N–C) groups is 1. The van der Waals surface area contributed by atoms with Crippen LogP contribution in [0.4, 0.5) is 0 Å². The molecule has 7 nitrogen and oxygen atoms in total. The zero-order chi connectivity index (χ0) is 18.8. The highest BCUT2D eigenvalue weighted by atomic mass is 32.2. The fourth-order valence-corrected chi connectivity index (χ4v) is 2.81. The Kier molecular flexibility index (Phi) is 9.18. The van der Waals surface area contributed by atoms with Crippen molar-refractivity contribution in [3.8, 4) is 5.75 Å². The second-order valence-electron chi connectivity index (χ2n) is 5.91. The molecule has 1 aliphatic heterocycles. The number of phenolic OH excluding ortho intramolecular Hbond substituents is 1. The standard InChI is InChI=1S/C9H11NO3.C8H14N2OS/c10-8(9(12)13)5-6-1-3-7(11)4-2-6;1-10(2)5-3-4-8-9-7(11)6-12-8/h1-4,8,11H,5,10H2,(H,12,13);3-6H2,1-2H3/t8-;/m0./s1. The fraction of sp³-hybridized carbons (Fsp3) is 0.471. The normalized spacial score (nSPS) is 14.7. The van der Waals surface area contributed by atoms with Gasteiger partial charge in [0, 0.05) is 0 Å². The predicted octanol–water partition coefficient (Wildman–Crippen LogP) is 1.35. The minimum absolute atomic E-state index is 0.0276. The van der Waals surface area contributed by atoms with E-state index in [1.165, 1.54) is 12.1 Å². The van der Waals surface area contributed by atoms with Gasteiger partial charge >= 0.3 is 5.97 Å². The Bertz CT molecular complexity index is 602. The third-order valence-electron chi connectivity index (χ3n) is 3.32. The van der Waals surface area contributed by atoms with Crippen LogP contribution in [-0.4, -0.2) is 64.5 Å². The molecule has 0 bridgehead atoms. The van der Waals surface area contributed by atoms with Gasteiger partial charge in [-0.2, -0.15) is 0 Å². The van der Waals surface area contributed by atoms with E-state index < -0.39 is 12.0 Å². The van der Waals surface area contributed by atoms with Crippen LogP contribution in [0.3, 0.4) is 0 Å². The van der Waals surface area contributed by atoms with Gasteiger partial charge in [0.05, 0.1) is 10.8 Å². The van der Waals surface area contributed by atoms with Crippen LogP contribution in [-0.2, 0) is 16.0 Å². The third-order valence-corrected chi connectivity index (χ3v) is 4.34. The van der Waals surface area contributed by atoms with E-state index in [4.69, 9.17) is 15.9 Å². The summed E-state index contributed by atoms with van der Waals surface area (Å²) in [6.07, 6.45) is 2.32. The number of nitrogens with zero attached hydrogens (tertiary/aromatic N) is 2. The van der Waals surface area contributed by atoms with Crippen LogP contribution in [0.5, 0.6) is 5.75 Å². The summed E-state index contributed by atoms with van der Waals surface area (Å²) < 4.78 is 0. The lowest BCUT2D eigenvalue weighted by Crippen LogP contribution is -2.32. The first-order chi connectivity index (χ1) is 11.8. The van der Waals surface area contributed by atoms with Crippen molar-refractivity contribution in [3.63, 3.8) is 0 Å². The first-order valence-corrected chi connectivity index (χ1v) is 8.90. The molecule has 8 heteroatoms. The Labute approximate surface area is 151 Å². The van der Waals surface area contributed by atoms with Gasteiger partial charge in [-0.3, -0.25) is 9.59 Å². The van der Waals surface area contributed by atoms with Crippen molar-refractivity contribution in [2.24, 2.45) is 10.7 Å². The maximum Gasteiger partial charge on any atom is 0.320 e. The van der Waals surface area contributed by atoms with Gasteiger partial charge in [-0.25, -0.2) is 4.99 Å². The average Bonchev–Trinajstić information content (AvgIpc) is 2.95. The largest absolute Gasteiger partial charge is 0.508 e. The number of carbonyl (C=O) groups is 2. The monoisotopic (exact) mass is 367 g/mol. The number of carbonyl (C=O) groups excluding carboxylic acids is 1. The van der Waals surface area contributed by atoms with Crippen molar-refractivity contribution in [2.45, 2.75) is 25.3 Å². The highest BCUT2D eigenvalue weighted by Crippen LogP contribution is 2.16. The Morgan fingerprint density at radius 2 is 2.00 bits per heavy atom. The average molecular weight is 367 g/mol. The van der Waals surface area contributed by atoms with Crippen LogP contribution in [0.1, 0.15) is 18.4 Å². The second-order valence-corrected chi connectivity index (χ2v) is 6.96. The number of carboxylic acid groups (broad SMARTS) is 1. The maximum atomic E-state index is 10.7. The summed E-state index contributed by atoms with van der Waals surface area (Å²) in [5.41, 5.74) is 6.12. The molecule has 1 aromatic rings. The van der Waals surface area contributed by atoms with E-state index in [0.29, 0.717) is 5.75 Å². The summed E-state index contributed by atoms with van der Waals surface area (Å²) in [7, 11) is 4.10. The molecule has 0 aliphatic carbocycles. The number of phenols is 1. The van der Waals surface area contributed by atoms with E-state index in [0.717, 1.165) is 30.0 Å². The molecule has 2 rings (SSSR count). The Morgan fingerprint density at radius 1 is 1.36 bits per heavy atom. The van der Waals surface area contributed by atoms with E-state index in [-0.39, 0.29) is 18.1 Å². The first-order valence-electron chi connectivity index (χ1n) is 7.92. The lowest BCUT2D eigenvalue weighted by Gasteiger charge is -2.07. The topological polar surface area (TPSA) is 116 Å². The van der Waals surface area contributed by atoms with Gasteiger partial charge in [-0.05, 0) is 57.6 Å². The molecular weight excluding hydrogens is 342 g/mol. The molecule has 138 valence electrons. The fourth-order valence-electron chi connectivity index (χ4n) is 2.00. The highest BCUT2D eigenvalue weighted by Gasteiger charge is 2.13. The first kappa shape index (κ1) is 21.1. The number of amides is 1. The minimum atomic E-state index is -1.02. The van der Waals surface area contributed by atoms with Crippen LogP contribution < -0.4 is 5.73 Å². The number of hydrogen-bond donors (Lipinski definition) is 3. The Morgan fingerprint density at radius 3 is 2.48 bits per heavy atom. The molecule has 0 unspecified atom stereocenters. The number of aliphatic carboxylic acids is 1. The zero-order valence-corrected chi connectivity index (χ0v) is 15.3. The van der Waals surface area contributed by atoms with E-state index >= 15 is 0 Å². The van der Waals surface area contributed by atoms with Crippen LogP contribution in [0.25, 0.3) is 0 Å². The zero-order valence-electron chi connectivity index (χ0n) is 14.5. The number of rotatable bonds is 7. The molecule has 0 aromatic heterocycles. The Balaban J connectivity index is 0.000000251. The molecule has 0 radical (unpaired) electrons. The quantitative estimate of drug-likeness (QED) is 0.666. The molecule has 4 N–H and O–H groups in total. The number of thioether (sulfide) groups is 1. The van der Waals surface area contributed by atoms with Gasteiger partial charge in [0.25, 0.3) is 5.91 Å². The number of benzene rings is 1. The maximum absolute atomic E-state index is 10.7. The number of nitrogens with two attached hydrogens (primary N) is 1. The van der Waals surface area contributed by atoms with Gasteiger partial charge < -0.3 is 20.8 Å². The van der Waals surface area contributed by atoms with Gasteiger partial charge in [-0.1, -0.05) is 12.1 Å². The lowest BCUT2D eigenvalue weighted by molar-refractivity contribution is -0.138. The summed E-state index contributed by atoms with van der Waals surface area (Å²) in [5, 5.41) is 18.5. The van der Waals surface area contributed by atoms with Gasteiger partial charge in [0.2, 0.25) is 0 Å². The highest BCUT2D eigenvalue weighted by molar-refractivity contribution is 8.15. The number of carboxylic acids is 1. The predicted molar refractivity (Wildman–Crippen MR) is 100 cm³/mol. The molecule has 1 aliphatic rings. The summed E-state index contributed by atoms with van der Waals surface area (Å²) >= 11 is 1.58. The van der Waals surface area contributed by atoms with Gasteiger partial charge in [-0.15, -0.1) is 11.8 Å². The molecule has 0 spiro atoms. The minimum Gasteiger partial charge on any atom is -0.508 e. The van der Waals surface area contributed by atoms with Gasteiger partial charge in [0.1, 0.15) is 11.8 Å². The van der Waals surface area contributed by atoms with Crippen LogP contribution in [0, 0.1) is 0 Å². The summed E-state index contributed by atoms with van der Waals surface area (Å²) in [6, 6.07) is 5.42. The van der Waals surface area contributed by atoms with Crippen molar-refractivity contribution in [3.05, 3.63) is 29.8 Å². The van der Waals surface area contributed by atoms with E-state index in [2.05, 4.69) is 24.0 Å². The molecule has 1 heterocycles. The SMILES string of the molecule is CN(C)CCCC1=NC(=O)CS1.N[C@@H](Cc1ccc(O)cc1)C(=O)O.